The van der Waals surface area contributed by atoms with Crippen LogP contribution >= 0.6 is 0 Å². The molecule has 6 nitrogen and oxygen atoms in total. The van der Waals surface area contributed by atoms with Gasteiger partial charge in [-0.25, -0.2) is 13.1 Å². The fourth-order valence-corrected chi connectivity index (χ4v) is 3.01. The van der Waals surface area contributed by atoms with Crippen LogP contribution in [0.4, 0.5) is 0 Å². The predicted molar refractivity (Wildman–Crippen MR) is 73.4 cm³/mol. The molecule has 1 rings (SSSR count). The molecule has 1 aromatic rings. The maximum absolute atomic E-state index is 12.2. The Kier molecular flexibility index (Phi) is 5.59. The van der Waals surface area contributed by atoms with Crippen LogP contribution in [0, 0.1) is 6.92 Å². The first kappa shape index (κ1) is 15.7. The second-order valence-electron chi connectivity index (χ2n) is 3.93. The van der Waals surface area contributed by atoms with Gasteiger partial charge in [0.2, 0.25) is 10.0 Å². The molecule has 0 spiro atoms. The summed E-state index contributed by atoms with van der Waals surface area (Å²) in [6.07, 6.45) is 0. The molecule has 0 amide bonds. The summed E-state index contributed by atoms with van der Waals surface area (Å²) in [6, 6.07) is 3.09. The van der Waals surface area contributed by atoms with Gasteiger partial charge in [0.15, 0.2) is 11.5 Å². The highest BCUT2D eigenvalue weighted by molar-refractivity contribution is 7.89. The van der Waals surface area contributed by atoms with Gasteiger partial charge in [0.05, 0.1) is 19.1 Å². The molecule has 0 saturated carbocycles. The molecule has 2 N–H and O–H groups in total. The van der Waals surface area contributed by atoms with Crippen molar-refractivity contribution in [2.75, 3.05) is 34.4 Å². The molecule has 0 aromatic heterocycles. The standard InChI is InChI=1S/C12H20N2O4S/c1-9-11(19(15,16)14-8-7-13-2)6-5-10(17-3)12(9)18-4/h5-6,13-14H,7-8H2,1-4H3. The van der Waals surface area contributed by atoms with Crippen LogP contribution in [0.15, 0.2) is 17.0 Å². The van der Waals surface area contributed by atoms with E-state index in [0.29, 0.717) is 30.2 Å². The number of sulfonamides is 1. The van der Waals surface area contributed by atoms with Crippen molar-refractivity contribution in [3.63, 3.8) is 0 Å². The molecule has 0 saturated heterocycles. The molecule has 0 aliphatic carbocycles. The van der Waals surface area contributed by atoms with Gasteiger partial charge in [-0.3, -0.25) is 0 Å². The van der Waals surface area contributed by atoms with E-state index in [4.69, 9.17) is 9.47 Å². The molecule has 0 aliphatic heterocycles. The average molecular weight is 288 g/mol. The minimum Gasteiger partial charge on any atom is -0.493 e. The lowest BCUT2D eigenvalue weighted by molar-refractivity contribution is 0.351. The lowest BCUT2D eigenvalue weighted by Crippen LogP contribution is -2.31. The highest BCUT2D eigenvalue weighted by Gasteiger charge is 2.21. The fraction of sp³-hybridized carbons (Fsp3) is 0.500. The molecule has 0 atom stereocenters. The van der Waals surface area contributed by atoms with Gasteiger partial charge in [0.25, 0.3) is 0 Å². The number of likely N-dealkylation sites (N-methyl/N-ethyl adjacent to an activating group) is 1. The largest absolute Gasteiger partial charge is 0.493 e. The zero-order chi connectivity index (χ0) is 14.5. The number of rotatable bonds is 7. The molecule has 0 aliphatic rings. The molecular formula is C12H20N2O4S. The van der Waals surface area contributed by atoms with Crippen molar-refractivity contribution in [2.24, 2.45) is 0 Å². The van der Waals surface area contributed by atoms with Crippen molar-refractivity contribution in [2.45, 2.75) is 11.8 Å². The Balaban J connectivity index is 3.14. The molecule has 0 fully saturated rings. The molecule has 7 heteroatoms. The molecule has 19 heavy (non-hydrogen) atoms. The van der Waals surface area contributed by atoms with E-state index in [0.717, 1.165) is 0 Å². The van der Waals surface area contributed by atoms with E-state index in [1.807, 2.05) is 0 Å². The Labute approximate surface area is 114 Å². The molecule has 0 radical (unpaired) electrons. The summed E-state index contributed by atoms with van der Waals surface area (Å²) in [6.45, 7) is 2.58. The topological polar surface area (TPSA) is 76.7 Å². The van der Waals surface area contributed by atoms with Crippen molar-refractivity contribution in [1.82, 2.24) is 10.0 Å². The Morgan fingerprint density at radius 1 is 1.16 bits per heavy atom. The van der Waals surface area contributed by atoms with E-state index in [1.54, 1.807) is 20.0 Å². The Bertz CT molecular complexity index is 529. The number of hydrogen-bond acceptors (Lipinski definition) is 5. The second kappa shape index (κ2) is 6.74. The van der Waals surface area contributed by atoms with Gasteiger partial charge in [-0.1, -0.05) is 0 Å². The number of ether oxygens (including phenoxy) is 2. The third-order valence-corrected chi connectivity index (χ3v) is 4.31. The zero-order valence-electron chi connectivity index (χ0n) is 11.6. The maximum Gasteiger partial charge on any atom is 0.241 e. The van der Waals surface area contributed by atoms with Gasteiger partial charge < -0.3 is 14.8 Å². The molecular weight excluding hydrogens is 268 g/mol. The van der Waals surface area contributed by atoms with Crippen LogP contribution in [-0.2, 0) is 10.0 Å². The Morgan fingerprint density at radius 3 is 2.37 bits per heavy atom. The smallest absolute Gasteiger partial charge is 0.241 e. The summed E-state index contributed by atoms with van der Waals surface area (Å²) >= 11 is 0. The zero-order valence-corrected chi connectivity index (χ0v) is 12.4. The van der Waals surface area contributed by atoms with Crippen LogP contribution in [0.1, 0.15) is 5.56 Å². The first-order valence-electron chi connectivity index (χ1n) is 5.83. The highest BCUT2D eigenvalue weighted by Crippen LogP contribution is 2.34. The normalized spacial score (nSPS) is 11.4. The first-order valence-corrected chi connectivity index (χ1v) is 7.32. The monoisotopic (exact) mass is 288 g/mol. The number of methoxy groups -OCH3 is 2. The highest BCUT2D eigenvalue weighted by atomic mass is 32.2. The van der Waals surface area contributed by atoms with Gasteiger partial charge in [0, 0.05) is 18.7 Å². The SMILES string of the molecule is CNCCNS(=O)(=O)c1ccc(OC)c(OC)c1C. The van der Waals surface area contributed by atoms with Crippen molar-refractivity contribution < 1.29 is 17.9 Å². The van der Waals surface area contributed by atoms with E-state index < -0.39 is 10.0 Å². The van der Waals surface area contributed by atoms with Crippen LogP contribution < -0.4 is 19.5 Å². The first-order chi connectivity index (χ1) is 8.97. The maximum atomic E-state index is 12.2. The summed E-state index contributed by atoms with van der Waals surface area (Å²) < 4.78 is 37.2. The fourth-order valence-electron chi connectivity index (χ4n) is 1.74. The van der Waals surface area contributed by atoms with Gasteiger partial charge in [0.1, 0.15) is 0 Å². The van der Waals surface area contributed by atoms with Crippen LogP contribution in [0.2, 0.25) is 0 Å². The van der Waals surface area contributed by atoms with Crippen LogP contribution in [-0.4, -0.2) is 42.8 Å². The molecule has 108 valence electrons. The number of hydrogen-bond donors (Lipinski definition) is 2. The lowest BCUT2D eigenvalue weighted by Gasteiger charge is -2.14. The molecule has 0 unspecified atom stereocenters. The van der Waals surface area contributed by atoms with E-state index in [9.17, 15) is 8.42 Å². The van der Waals surface area contributed by atoms with Gasteiger partial charge in [-0.15, -0.1) is 0 Å². The van der Waals surface area contributed by atoms with Crippen molar-refractivity contribution >= 4 is 10.0 Å². The summed E-state index contributed by atoms with van der Waals surface area (Å²) in [5, 5.41) is 2.88. The van der Waals surface area contributed by atoms with Crippen molar-refractivity contribution in [1.29, 1.82) is 0 Å². The lowest BCUT2D eigenvalue weighted by atomic mass is 10.2. The summed E-state index contributed by atoms with van der Waals surface area (Å²) in [5.74, 6) is 0.938. The van der Waals surface area contributed by atoms with E-state index in [2.05, 4.69) is 10.0 Å². The van der Waals surface area contributed by atoms with Crippen LogP contribution in [0.5, 0.6) is 11.5 Å². The quantitative estimate of drug-likeness (QED) is 0.715. The van der Waals surface area contributed by atoms with E-state index >= 15 is 0 Å². The van der Waals surface area contributed by atoms with E-state index in [-0.39, 0.29) is 4.90 Å². The average Bonchev–Trinajstić information content (AvgIpc) is 2.38. The van der Waals surface area contributed by atoms with Gasteiger partial charge in [-0.05, 0) is 26.1 Å². The predicted octanol–water partition coefficient (Wildman–Crippen LogP) is 0.510. The molecule has 0 heterocycles. The van der Waals surface area contributed by atoms with Gasteiger partial charge >= 0.3 is 0 Å². The van der Waals surface area contributed by atoms with Crippen LogP contribution in [0.25, 0.3) is 0 Å². The molecule has 1 aromatic carbocycles. The van der Waals surface area contributed by atoms with Crippen molar-refractivity contribution in [3.05, 3.63) is 17.7 Å². The third kappa shape index (κ3) is 3.59. The molecule has 0 bridgehead atoms. The Morgan fingerprint density at radius 2 is 1.84 bits per heavy atom. The van der Waals surface area contributed by atoms with Gasteiger partial charge in [-0.2, -0.15) is 0 Å². The third-order valence-electron chi connectivity index (χ3n) is 2.70. The summed E-state index contributed by atoms with van der Waals surface area (Å²) in [4.78, 5) is 0.196. The minimum atomic E-state index is -3.55. The summed E-state index contributed by atoms with van der Waals surface area (Å²) in [5.41, 5.74) is 0.527. The van der Waals surface area contributed by atoms with E-state index in [1.165, 1.54) is 20.3 Å². The number of benzene rings is 1. The second-order valence-corrected chi connectivity index (χ2v) is 5.66. The summed E-state index contributed by atoms with van der Waals surface area (Å²) in [7, 11) is 1.21. The van der Waals surface area contributed by atoms with Crippen molar-refractivity contribution in [3.8, 4) is 11.5 Å². The minimum absolute atomic E-state index is 0.196. The number of nitrogens with one attached hydrogen (secondary N) is 2. The Hall–Kier alpha value is -1.31. The van der Waals surface area contributed by atoms with Crippen LogP contribution in [0.3, 0.4) is 0 Å².